The predicted molar refractivity (Wildman–Crippen MR) is 85.0 cm³/mol. The van der Waals surface area contributed by atoms with Gasteiger partial charge in [-0.25, -0.2) is 0 Å². The fourth-order valence-corrected chi connectivity index (χ4v) is 3.58. The number of carbonyl (C=O) groups is 1. The predicted octanol–water partition coefficient (Wildman–Crippen LogP) is 3.46. The molecule has 0 radical (unpaired) electrons. The first-order chi connectivity index (χ1) is 10.0. The number of hydrogen-bond acceptors (Lipinski definition) is 2. The summed E-state index contributed by atoms with van der Waals surface area (Å²) in [7, 11) is 0. The maximum absolute atomic E-state index is 12.9. The Bertz CT molecular complexity index is 558. The molecule has 2 fully saturated rings. The number of aryl methyl sites for hydroxylation is 2. The largest absolute Gasteiger partial charge is 0.318 e. The van der Waals surface area contributed by atoms with Crippen LogP contribution in [0, 0.1) is 13.8 Å². The third-order valence-corrected chi connectivity index (χ3v) is 5.15. The molecule has 1 aliphatic heterocycles. The summed E-state index contributed by atoms with van der Waals surface area (Å²) in [4.78, 5) is 15.0. The Morgan fingerprint density at radius 1 is 1.29 bits per heavy atom. The van der Waals surface area contributed by atoms with E-state index in [2.05, 4.69) is 56.1 Å². The summed E-state index contributed by atoms with van der Waals surface area (Å²) in [5.41, 5.74) is 3.54. The third-order valence-electron chi connectivity index (χ3n) is 5.15. The molecule has 1 N–H and O–H groups in total. The molecule has 1 saturated heterocycles. The van der Waals surface area contributed by atoms with Gasteiger partial charge in [-0.2, -0.15) is 0 Å². The van der Waals surface area contributed by atoms with Crippen LogP contribution in [0.15, 0.2) is 18.2 Å². The van der Waals surface area contributed by atoms with Gasteiger partial charge in [0.05, 0.1) is 0 Å². The van der Waals surface area contributed by atoms with Crippen molar-refractivity contribution in [2.75, 3.05) is 0 Å². The Hall–Kier alpha value is -1.35. The first kappa shape index (κ1) is 14.6. The Labute approximate surface area is 127 Å². The average molecular weight is 286 g/mol. The normalized spacial score (nSPS) is 23.4. The van der Waals surface area contributed by atoms with E-state index < -0.39 is 0 Å². The highest BCUT2D eigenvalue weighted by Gasteiger charge is 2.60. The van der Waals surface area contributed by atoms with E-state index in [1.54, 1.807) is 0 Å². The van der Waals surface area contributed by atoms with Gasteiger partial charge in [-0.05, 0) is 50.7 Å². The fourth-order valence-electron chi connectivity index (χ4n) is 3.58. The molecule has 1 heterocycles. The number of benzene rings is 1. The molecule has 1 unspecified atom stereocenters. The lowest BCUT2D eigenvalue weighted by Gasteiger charge is -2.32. The number of rotatable bonds is 4. The highest BCUT2D eigenvalue weighted by Crippen LogP contribution is 2.47. The minimum atomic E-state index is -0.247. The molecule has 21 heavy (non-hydrogen) atoms. The zero-order valence-corrected chi connectivity index (χ0v) is 13.6. The molecule has 3 rings (SSSR count). The molecule has 2 aliphatic rings. The van der Waals surface area contributed by atoms with Gasteiger partial charge in [-0.15, -0.1) is 0 Å². The van der Waals surface area contributed by atoms with E-state index in [0.717, 1.165) is 25.7 Å². The van der Waals surface area contributed by atoms with Crippen LogP contribution in [0.3, 0.4) is 0 Å². The number of carbonyl (C=O) groups excluding carboxylic acids is 1. The van der Waals surface area contributed by atoms with Gasteiger partial charge in [0, 0.05) is 6.04 Å². The molecule has 114 valence electrons. The first-order valence-electron chi connectivity index (χ1n) is 8.20. The highest BCUT2D eigenvalue weighted by atomic mass is 16.2. The number of amides is 1. The van der Waals surface area contributed by atoms with E-state index in [0.29, 0.717) is 11.9 Å². The fraction of sp³-hybridized carbons (Fsp3) is 0.611. The smallest absolute Gasteiger partial charge is 0.244 e. The second-order valence-corrected chi connectivity index (χ2v) is 6.67. The Kier molecular flexibility index (Phi) is 3.56. The summed E-state index contributed by atoms with van der Waals surface area (Å²) in [5.74, 6) is 0.321. The molecule has 1 saturated carbocycles. The molecule has 1 aromatic carbocycles. The zero-order chi connectivity index (χ0) is 15.2. The number of nitrogens with zero attached hydrogens (tertiary/aromatic N) is 1. The van der Waals surface area contributed by atoms with E-state index in [1.807, 2.05) is 0 Å². The lowest BCUT2D eigenvalue weighted by atomic mass is 10.0. The summed E-state index contributed by atoms with van der Waals surface area (Å²) < 4.78 is 0. The minimum Gasteiger partial charge on any atom is -0.318 e. The van der Waals surface area contributed by atoms with Gasteiger partial charge >= 0.3 is 0 Å². The van der Waals surface area contributed by atoms with E-state index in [4.69, 9.17) is 0 Å². The Morgan fingerprint density at radius 2 is 1.95 bits per heavy atom. The van der Waals surface area contributed by atoms with Gasteiger partial charge in [-0.3, -0.25) is 10.1 Å². The quantitative estimate of drug-likeness (QED) is 0.919. The molecule has 0 bridgehead atoms. The third kappa shape index (κ3) is 2.28. The molecule has 3 nitrogen and oxygen atoms in total. The number of hydrogen-bond donors (Lipinski definition) is 1. The van der Waals surface area contributed by atoms with Crippen molar-refractivity contribution in [1.82, 2.24) is 10.2 Å². The van der Waals surface area contributed by atoms with Crippen LogP contribution in [0.25, 0.3) is 0 Å². The van der Waals surface area contributed by atoms with Gasteiger partial charge in [0.2, 0.25) is 5.91 Å². The minimum absolute atomic E-state index is 0.0461. The lowest BCUT2D eigenvalue weighted by Crippen LogP contribution is -2.40. The second kappa shape index (κ2) is 5.13. The van der Waals surface area contributed by atoms with Crippen molar-refractivity contribution < 1.29 is 4.79 Å². The zero-order valence-electron chi connectivity index (χ0n) is 13.6. The van der Waals surface area contributed by atoms with Crippen LogP contribution >= 0.6 is 0 Å². The van der Waals surface area contributed by atoms with Crippen molar-refractivity contribution in [3.8, 4) is 0 Å². The molecule has 1 aliphatic carbocycles. The summed E-state index contributed by atoms with van der Waals surface area (Å²) in [6.45, 7) is 8.62. The molecule has 0 aromatic heterocycles. The van der Waals surface area contributed by atoms with E-state index in [1.165, 1.54) is 16.7 Å². The van der Waals surface area contributed by atoms with Crippen LogP contribution in [0.1, 0.15) is 62.4 Å². The summed E-state index contributed by atoms with van der Waals surface area (Å²) in [5, 5.41) is 3.65. The van der Waals surface area contributed by atoms with Crippen LogP contribution in [0.4, 0.5) is 0 Å². The van der Waals surface area contributed by atoms with Crippen molar-refractivity contribution in [2.45, 2.75) is 71.1 Å². The number of nitrogens with one attached hydrogen (secondary N) is 1. The van der Waals surface area contributed by atoms with Crippen LogP contribution in [-0.4, -0.2) is 22.4 Å². The maximum Gasteiger partial charge on any atom is 0.244 e. The van der Waals surface area contributed by atoms with Gasteiger partial charge < -0.3 is 4.90 Å². The summed E-state index contributed by atoms with van der Waals surface area (Å²) in [6, 6.07) is 6.87. The van der Waals surface area contributed by atoms with Crippen molar-refractivity contribution >= 4 is 5.91 Å². The van der Waals surface area contributed by atoms with Crippen molar-refractivity contribution in [2.24, 2.45) is 0 Å². The van der Waals surface area contributed by atoms with Gasteiger partial charge in [0.25, 0.3) is 0 Å². The maximum atomic E-state index is 12.9. The molecule has 1 spiro atoms. The molecule has 1 aromatic rings. The van der Waals surface area contributed by atoms with E-state index in [9.17, 15) is 4.79 Å². The SMILES string of the molecule is CCC(CC)N1C(=O)C2(CC2)NC1c1cc(C)ccc1C. The molecule has 1 atom stereocenters. The average Bonchev–Trinajstić information content (AvgIpc) is 3.20. The van der Waals surface area contributed by atoms with Gasteiger partial charge in [0.1, 0.15) is 11.7 Å². The Balaban J connectivity index is 2.02. The van der Waals surface area contributed by atoms with Crippen molar-refractivity contribution in [1.29, 1.82) is 0 Å². The Morgan fingerprint density at radius 3 is 2.52 bits per heavy atom. The molecular formula is C18H26N2O. The second-order valence-electron chi connectivity index (χ2n) is 6.67. The monoisotopic (exact) mass is 286 g/mol. The van der Waals surface area contributed by atoms with Gasteiger partial charge in [-0.1, -0.05) is 37.6 Å². The van der Waals surface area contributed by atoms with Gasteiger partial charge in [0.15, 0.2) is 0 Å². The molecular weight excluding hydrogens is 260 g/mol. The summed E-state index contributed by atoms with van der Waals surface area (Å²) >= 11 is 0. The molecule has 3 heteroatoms. The van der Waals surface area contributed by atoms with Crippen LogP contribution in [0.5, 0.6) is 0 Å². The summed E-state index contributed by atoms with van der Waals surface area (Å²) in [6.07, 6.45) is 4.06. The standard InChI is InChI=1S/C18H26N2O/c1-5-14(6-2)20-16(19-18(9-10-18)17(20)21)15-11-12(3)7-8-13(15)4/h7-8,11,14,16,19H,5-6,9-10H2,1-4H3. The van der Waals surface area contributed by atoms with E-state index >= 15 is 0 Å². The topological polar surface area (TPSA) is 32.3 Å². The van der Waals surface area contributed by atoms with Crippen molar-refractivity contribution in [3.63, 3.8) is 0 Å². The van der Waals surface area contributed by atoms with Crippen molar-refractivity contribution in [3.05, 3.63) is 34.9 Å². The van der Waals surface area contributed by atoms with Crippen LogP contribution < -0.4 is 5.32 Å². The van der Waals surface area contributed by atoms with Crippen LogP contribution in [-0.2, 0) is 4.79 Å². The van der Waals surface area contributed by atoms with E-state index in [-0.39, 0.29) is 11.7 Å². The highest BCUT2D eigenvalue weighted by molar-refractivity contribution is 5.92. The van der Waals surface area contributed by atoms with Crippen LogP contribution in [0.2, 0.25) is 0 Å². The first-order valence-corrected chi connectivity index (χ1v) is 8.20. The lowest BCUT2D eigenvalue weighted by molar-refractivity contribution is -0.133. The molecule has 1 amide bonds.